The number of morpholine rings is 1. The molecule has 0 bridgehead atoms. The Labute approximate surface area is 293 Å². The first kappa shape index (κ1) is 32.5. The zero-order chi connectivity index (χ0) is 35.1. The third-order valence-corrected chi connectivity index (χ3v) is 11.8. The number of carbonyl (C=O) groups is 4. The molecule has 3 aromatic rings. The van der Waals surface area contributed by atoms with Crippen molar-refractivity contribution in [2.45, 2.75) is 25.7 Å². The third-order valence-electron chi connectivity index (χ3n) is 11.5. The Hall–Kier alpha value is -4.74. The number of allylic oxidation sites excluding steroid dienone is 2. The van der Waals surface area contributed by atoms with Crippen molar-refractivity contribution in [1.82, 2.24) is 0 Å². The molecule has 50 heavy (non-hydrogen) atoms. The lowest BCUT2D eigenvalue weighted by atomic mass is 9.51. The molecule has 1 N–H and O–H groups in total. The molecule has 4 amide bonds. The summed E-state index contributed by atoms with van der Waals surface area (Å²) >= 11 is 6.09. The quantitative estimate of drug-likeness (QED) is 0.276. The van der Waals surface area contributed by atoms with E-state index in [2.05, 4.69) is 4.90 Å². The van der Waals surface area contributed by atoms with E-state index in [1.165, 1.54) is 30.2 Å². The van der Waals surface area contributed by atoms with Crippen molar-refractivity contribution in [3.05, 3.63) is 88.7 Å². The maximum atomic E-state index is 14.6. The molecule has 2 aliphatic carbocycles. The number of hydrogen-bond donors (Lipinski definition) is 1. The average molecular weight is 700 g/mol. The number of fused-ring (bicyclic) bond motifs is 4. The summed E-state index contributed by atoms with van der Waals surface area (Å²) in [5, 5.41) is 11.1. The number of nitrogens with zero attached hydrogens (tertiary/aromatic N) is 3. The number of phenolic OH excluding ortho intramolecular Hbond substituents is 1. The largest absolute Gasteiger partial charge is 0.508 e. The summed E-state index contributed by atoms with van der Waals surface area (Å²) in [4.78, 5) is 61.9. The molecule has 5 aliphatic rings. The lowest BCUT2D eigenvalue weighted by Crippen LogP contribution is -2.48. The van der Waals surface area contributed by atoms with Crippen molar-refractivity contribution in [1.29, 1.82) is 0 Å². The summed E-state index contributed by atoms with van der Waals surface area (Å²) in [6.45, 7) is 4.46. The summed E-state index contributed by atoms with van der Waals surface area (Å²) in [6.07, 6.45) is 2.30. The molecule has 0 unspecified atom stereocenters. The summed E-state index contributed by atoms with van der Waals surface area (Å²) < 4.78 is 25.1. The molecule has 1 saturated carbocycles. The Morgan fingerprint density at radius 1 is 0.880 bits per heavy atom. The Kier molecular flexibility index (Phi) is 7.76. The lowest BCUT2D eigenvalue weighted by Gasteiger charge is -2.49. The lowest BCUT2D eigenvalue weighted by molar-refractivity contribution is -0.131. The van der Waals surface area contributed by atoms with E-state index < -0.39 is 52.6 Å². The van der Waals surface area contributed by atoms with E-state index in [-0.39, 0.29) is 41.1 Å². The Morgan fingerprint density at radius 3 is 2.28 bits per heavy atom. The van der Waals surface area contributed by atoms with Crippen molar-refractivity contribution in [3.63, 3.8) is 0 Å². The van der Waals surface area contributed by atoms with Gasteiger partial charge in [-0.3, -0.25) is 24.1 Å². The molecule has 10 nitrogen and oxygen atoms in total. The van der Waals surface area contributed by atoms with E-state index in [0.717, 1.165) is 35.3 Å². The number of benzene rings is 3. The maximum absolute atomic E-state index is 14.6. The molecule has 3 saturated heterocycles. The minimum Gasteiger partial charge on any atom is -0.508 e. The highest BCUT2D eigenvalue weighted by Crippen LogP contribution is 2.64. The number of halogens is 2. The van der Waals surface area contributed by atoms with Crippen LogP contribution >= 0.6 is 11.6 Å². The summed E-state index contributed by atoms with van der Waals surface area (Å²) in [5.74, 6) is -5.84. The fraction of sp³-hybridized carbons (Fsp3) is 0.368. The van der Waals surface area contributed by atoms with Crippen molar-refractivity contribution in [3.8, 4) is 11.5 Å². The highest BCUT2D eigenvalue weighted by molar-refractivity contribution is 6.32. The number of aromatic hydroxyl groups is 1. The van der Waals surface area contributed by atoms with Crippen LogP contribution in [-0.4, -0.2) is 62.1 Å². The summed E-state index contributed by atoms with van der Waals surface area (Å²) in [7, 11) is 1.49. The second-order valence-corrected chi connectivity index (χ2v) is 14.2. The van der Waals surface area contributed by atoms with E-state index >= 15 is 0 Å². The third kappa shape index (κ3) is 4.70. The van der Waals surface area contributed by atoms with Crippen LogP contribution in [0.2, 0.25) is 5.02 Å². The van der Waals surface area contributed by atoms with Gasteiger partial charge in [0, 0.05) is 30.3 Å². The molecule has 0 radical (unpaired) electrons. The maximum Gasteiger partial charge on any atom is 0.241 e. The van der Waals surface area contributed by atoms with Gasteiger partial charge in [0.2, 0.25) is 23.6 Å². The molecule has 3 aromatic carbocycles. The van der Waals surface area contributed by atoms with E-state index in [1.54, 1.807) is 31.2 Å². The first-order valence-electron chi connectivity index (χ1n) is 16.8. The molecule has 0 spiro atoms. The molecule has 12 heteroatoms. The normalized spacial score (nSPS) is 29.2. The molecule has 0 aromatic heterocycles. The number of hydrogen-bond acceptors (Lipinski definition) is 8. The van der Waals surface area contributed by atoms with Crippen LogP contribution in [0.4, 0.5) is 21.5 Å². The number of ether oxygens (including phenoxy) is 2. The van der Waals surface area contributed by atoms with Crippen molar-refractivity contribution >= 4 is 52.3 Å². The van der Waals surface area contributed by atoms with Crippen LogP contribution in [0.15, 0.2) is 72.3 Å². The number of imide groups is 2. The number of anilines is 3. The van der Waals surface area contributed by atoms with Gasteiger partial charge in [0.25, 0.3) is 0 Å². The smallest absolute Gasteiger partial charge is 0.241 e. The van der Waals surface area contributed by atoms with Gasteiger partial charge in [0.1, 0.15) is 17.3 Å². The fourth-order valence-electron chi connectivity index (χ4n) is 9.01. The Bertz CT molecular complexity index is 1980. The molecule has 3 heterocycles. The molecule has 3 aliphatic heterocycles. The van der Waals surface area contributed by atoms with Gasteiger partial charge >= 0.3 is 0 Å². The van der Waals surface area contributed by atoms with Crippen LogP contribution in [0.5, 0.6) is 11.5 Å². The second-order valence-electron chi connectivity index (χ2n) is 13.8. The highest BCUT2D eigenvalue weighted by atomic mass is 35.5. The van der Waals surface area contributed by atoms with Crippen molar-refractivity contribution < 1.29 is 38.1 Å². The fourth-order valence-corrected chi connectivity index (χ4v) is 9.18. The number of rotatable bonds is 5. The average Bonchev–Trinajstić information content (AvgIpc) is 3.49. The van der Waals surface area contributed by atoms with Crippen LogP contribution < -0.4 is 19.4 Å². The molecule has 6 atom stereocenters. The predicted octanol–water partition coefficient (Wildman–Crippen LogP) is 5.47. The molecule has 8 rings (SSSR count). The van der Waals surface area contributed by atoms with Gasteiger partial charge in [-0.15, -0.1) is 0 Å². The van der Waals surface area contributed by atoms with E-state index in [1.807, 2.05) is 18.2 Å². The number of phenols is 1. The first-order chi connectivity index (χ1) is 24.0. The zero-order valence-electron chi connectivity index (χ0n) is 27.5. The number of methoxy groups -OCH3 is 1. The molecule has 258 valence electrons. The zero-order valence-corrected chi connectivity index (χ0v) is 28.2. The Morgan fingerprint density at radius 2 is 1.58 bits per heavy atom. The van der Waals surface area contributed by atoms with Gasteiger partial charge in [0.05, 0.1) is 59.9 Å². The van der Waals surface area contributed by atoms with E-state index in [0.29, 0.717) is 30.2 Å². The van der Waals surface area contributed by atoms with Gasteiger partial charge in [-0.05, 0) is 86.3 Å². The topological polar surface area (TPSA) is 117 Å². The number of amides is 4. The van der Waals surface area contributed by atoms with Crippen molar-refractivity contribution in [2.75, 3.05) is 48.1 Å². The monoisotopic (exact) mass is 699 g/mol. The SMILES string of the molecule is COc1ccc(O)c([C@H]2C3=CC[C@@H]4C(=O)N(c5ccc(N6CCOCC6)cc5)C(=O)[C@@H]4[C@@H]3C[C@H]3C(=O)N(c4ccc(F)c(Cl)c4)C(=O)[C@@]23C)c1. The van der Waals surface area contributed by atoms with E-state index in [9.17, 15) is 28.7 Å². The summed E-state index contributed by atoms with van der Waals surface area (Å²) in [6, 6.07) is 15.8. The minimum atomic E-state index is -1.41. The Balaban J connectivity index is 1.21. The predicted molar refractivity (Wildman–Crippen MR) is 183 cm³/mol. The number of carbonyl (C=O) groups excluding carboxylic acids is 4. The molecular formula is C38H35ClFN3O7. The first-order valence-corrected chi connectivity index (χ1v) is 17.1. The summed E-state index contributed by atoms with van der Waals surface area (Å²) in [5.41, 5.74) is 1.27. The van der Waals surface area contributed by atoms with Gasteiger partial charge in [-0.1, -0.05) is 23.3 Å². The van der Waals surface area contributed by atoms with Crippen LogP contribution in [0.1, 0.15) is 31.2 Å². The highest BCUT2D eigenvalue weighted by Gasteiger charge is 2.68. The van der Waals surface area contributed by atoms with Gasteiger partial charge in [0.15, 0.2) is 0 Å². The van der Waals surface area contributed by atoms with Crippen molar-refractivity contribution in [2.24, 2.45) is 29.1 Å². The standard InChI is InChI=1S/C38H35ClFN3O7/c1-38-28(35(46)43(37(38)48)22-7-11-30(40)29(39)17-22)19-26-24(33(38)27-18-23(49-2)8-12-31(27)44)9-10-25-32(26)36(47)42(34(25)45)21-5-3-20(4-6-21)41-13-15-50-16-14-41/h3-9,11-12,17-18,25-26,28,32-33,44H,10,13-16,19H2,1-2H3/t25-,26+,28-,32-,33+,38+/m0/s1. The van der Waals surface area contributed by atoms with Crippen LogP contribution in [-0.2, 0) is 23.9 Å². The van der Waals surface area contributed by atoms with Gasteiger partial charge in [-0.2, -0.15) is 0 Å². The van der Waals surface area contributed by atoms with Crippen LogP contribution in [0.25, 0.3) is 0 Å². The second kappa shape index (κ2) is 11.9. The van der Waals surface area contributed by atoms with Crippen LogP contribution in [0.3, 0.4) is 0 Å². The van der Waals surface area contributed by atoms with Gasteiger partial charge < -0.3 is 19.5 Å². The molecule has 4 fully saturated rings. The molecular weight excluding hydrogens is 665 g/mol. The van der Waals surface area contributed by atoms with E-state index in [4.69, 9.17) is 21.1 Å². The van der Waals surface area contributed by atoms with Crippen LogP contribution in [0, 0.1) is 34.9 Å². The minimum absolute atomic E-state index is 0.0983. The van der Waals surface area contributed by atoms with Gasteiger partial charge in [-0.25, -0.2) is 9.29 Å².